The largest absolute Gasteiger partial charge is 0.440 e. The molecule has 0 bridgehead atoms. The number of alkyl halides is 3. The molecule has 0 saturated heterocycles. The van der Waals surface area contributed by atoms with Gasteiger partial charge in [-0.15, -0.1) is 17.9 Å². The smallest absolute Gasteiger partial charge is 0.434 e. The summed E-state index contributed by atoms with van der Waals surface area (Å²) in [6, 6.07) is 7.55. The van der Waals surface area contributed by atoms with Crippen LogP contribution in [0.2, 0.25) is 0 Å². The predicted octanol–water partition coefficient (Wildman–Crippen LogP) is 5.92. The molecular formula is C20H19F3N2OS. The van der Waals surface area contributed by atoms with Crippen molar-refractivity contribution >= 4 is 16.5 Å². The Morgan fingerprint density at radius 2 is 2.00 bits per heavy atom. The Hall–Kier alpha value is -2.54. The van der Waals surface area contributed by atoms with Crippen molar-refractivity contribution in [1.82, 2.24) is 4.98 Å². The standard InChI is InChI=1S/C20H19F3N2OS/c1-4-19(2,3)14-9-5-6-10-15(14)26-17-11-7-8-12-25(17)18-24-16(13-27-18)20(21,22)23/h4-11,13H,1,12H2,2-3H3. The van der Waals surface area contributed by atoms with Crippen LogP contribution in [0.4, 0.5) is 18.3 Å². The molecule has 0 aliphatic carbocycles. The van der Waals surface area contributed by atoms with Crippen LogP contribution in [-0.4, -0.2) is 11.5 Å². The lowest BCUT2D eigenvalue weighted by molar-refractivity contribution is -0.140. The van der Waals surface area contributed by atoms with E-state index in [1.807, 2.05) is 56.3 Å². The number of aromatic nitrogens is 1. The Kier molecular flexibility index (Phi) is 5.15. The number of nitrogens with zero attached hydrogens (tertiary/aromatic N) is 2. The van der Waals surface area contributed by atoms with Gasteiger partial charge in [-0.2, -0.15) is 13.2 Å². The van der Waals surface area contributed by atoms with E-state index in [9.17, 15) is 13.2 Å². The molecule has 3 rings (SSSR count). The molecule has 1 aromatic heterocycles. The monoisotopic (exact) mass is 392 g/mol. The molecule has 0 unspecified atom stereocenters. The van der Waals surface area contributed by atoms with E-state index >= 15 is 0 Å². The molecule has 0 spiro atoms. The highest BCUT2D eigenvalue weighted by Gasteiger charge is 2.35. The number of thiazole rings is 1. The molecule has 142 valence electrons. The van der Waals surface area contributed by atoms with Crippen LogP contribution in [0, 0.1) is 0 Å². The summed E-state index contributed by atoms with van der Waals surface area (Å²) >= 11 is 0.935. The maximum absolute atomic E-state index is 12.9. The minimum Gasteiger partial charge on any atom is -0.440 e. The Morgan fingerprint density at radius 3 is 2.67 bits per heavy atom. The predicted molar refractivity (Wildman–Crippen MR) is 102 cm³/mol. The third kappa shape index (κ3) is 4.08. The molecule has 0 N–H and O–H groups in total. The van der Waals surface area contributed by atoms with Crippen LogP contribution in [0.15, 0.2) is 66.4 Å². The van der Waals surface area contributed by atoms with E-state index in [1.54, 1.807) is 11.0 Å². The maximum Gasteiger partial charge on any atom is 0.434 e. The quantitative estimate of drug-likeness (QED) is 0.591. The summed E-state index contributed by atoms with van der Waals surface area (Å²) in [7, 11) is 0. The van der Waals surface area contributed by atoms with Crippen molar-refractivity contribution in [2.24, 2.45) is 0 Å². The molecule has 0 atom stereocenters. The summed E-state index contributed by atoms with van der Waals surface area (Å²) in [6.07, 6.45) is 2.73. The molecule has 2 aromatic rings. The average molecular weight is 392 g/mol. The Bertz CT molecular complexity index is 897. The van der Waals surface area contributed by atoms with E-state index in [1.165, 1.54) is 0 Å². The second-order valence-electron chi connectivity index (χ2n) is 6.58. The summed E-state index contributed by atoms with van der Waals surface area (Å²) in [5, 5.41) is 1.25. The van der Waals surface area contributed by atoms with Gasteiger partial charge in [0.15, 0.2) is 10.8 Å². The first kappa shape index (κ1) is 19.2. The number of ether oxygens (including phenoxy) is 1. The van der Waals surface area contributed by atoms with Gasteiger partial charge >= 0.3 is 6.18 Å². The fourth-order valence-electron chi connectivity index (χ4n) is 2.59. The number of anilines is 1. The number of hydrogen-bond acceptors (Lipinski definition) is 4. The van der Waals surface area contributed by atoms with E-state index in [2.05, 4.69) is 11.6 Å². The molecular weight excluding hydrogens is 373 g/mol. The highest BCUT2D eigenvalue weighted by Crippen LogP contribution is 2.37. The van der Waals surface area contributed by atoms with Crippen LogP contribution in [0.3, 0.4) is 0 Å². The van der Waals surface area contributed by atoms with Crippen molar-refractivity contribution < 1.29 is 17.9 Å². The van der Waals surface area contributed by atoms with E-state index in [0.717, 1.165) is 22.3 Å². The van der Waals surface area contributed by atoms with Crippen LogP contribution in [0.25, 0.3) is 0 Å². The topological polar surface area (TPSA) is 25.4 Å². The minimum absolute atomic E-state index is 0.235. The van der Waals surface area contributed by atoms with E-state index in [4.69, 9.17) is 4.74 Å². The van der Waals surface area contributed by atoms with Crippen LogP contribution in [0.5, 0.6) is 5.75 Å². The van der Waals surface area contributed by atoms with Crippen LogP contribution in [-0.2, 0) is 11.6 Å². The van der Waals surface area contributed by atoms with Gasteiger partial charge in [-0.1, -0.05) is 50.3 Å². The normalized spacial score (nSPS) is 14.9. The van der Waals surface area contributed by atoms with E-state index < -0.39 is 11.9 Å². The SMILES string of the molecule is C=CC(C)(C)c1ccccc1OC1=CC=CCN1c1nc(C(F)(F)F)cs1. The molecule has 0 saturated carbocycles. The molecule has 1 aliphatic heterocycles. The average Bonchev–Trinajstić information content (AvgIpc) is 3.13. The zero-order chi connectivity index (χ0) is 19.7. The fourth-order valence-corrected chi connectivity index (χ4v) is 3.43. The Labute approximate surface area is 160 Å². The summed E-state index contributed by atoms with van der Waals surface area (Å²) < 4.78 is 44.8. The van der Waals surface area contributed by atoms with Gasteiger partial charge in [0.1, 0.15) is 5.75 Å². The lowest BCUT2D eigenvalue weighted by Gasteiger charge is -2.28. The maximum atomic E-state index is 12.9. The van der Waals surface area contributed by atoms with Crippen molar-refractivity contribution in [3.05, 3.63) is 77.7 Å². The van der Waals surface area contributed by atoms with Gasteiger partial charge in [0.2, 0.25) is 5.88 Å². The summed E-state index contributed by atoms with van der Waals surface area (Å²) in [6.45, 7) is 8.30. The van der Waals surface area contributed by atoms with Crippen molar-refractivity contribution in [3.8, 4) is 5.75 Å². The zero-order valence-electron chi connectivity index (χ0n) is 15.0. The van der Waals surface area contributed by atoms with Crippen molar-refractivity contribution in [2.75, 3.05) is 11.4 Å². The molecule has 3 nitrogen and oxygen atoms in total. The molecule has 7 heteroatoms. The molecule has 1 aliphatic rings. The van der Waals surface area contributed by atoms with Crippen LogP contribution < -0.4 is 9.64 Å². The number of halogens is 3. The summed E-state index contributed by atoms with van der Waals surface area (Å²) in [5.41, 5.74) is -0.285. The number of para-hydroxylation sites is 1. The minimum atomic E-state index is -4.47. The van der Waals surface area contributed by atoms with Gasteiger partial charge in [-0.3, -0.25) is 4.90 Å². The lowest BCUT2D eigenvalue weighted by Crippen LogP contribution is -2.28. The molecule has 0 fully saturated rings. The zero-order valence-corrected chi connectivity index (χ0v) is 15.8. The molecule has 2 heterocycles. The first-order chi connectivity index (χ1) is 12.7. The van der Waals surface area contributed by atoms with E-state index in [0.29, 0.717) is 18.2 Å². The van der Waals surface area contributed by atoms with Crippen molar-refractivity contribution in [1.29, 1.82) is 0 Å². The Balaban J connectivity index is 1.92. The van der Waals surface area contributed by atoms with Gasteiger partial charge in [-0.05, 0) is 12.1 Å². The first-order valence-corrected chi connectivity index (χ1v) is 9.18. The van der Waals surface area contributed by atoms with Gasteiger partial charge < -0.3 is 4.74 Å². The van der Waals surface area contributed by atoms with Crippen molar-refractivity contribution in [3.63, 3.8) is 0 Å². The van der Waals surface area contributed by atoms with Gasteiger partial charge in [0.25, 0.3) is 0 Å². The summed E-state index contributed by atoms with van der Waals surface area (Å²) in [4.78, 5) is 5.36. The highest BCUT2D eigenvalue weighted by molar-refractivity contribution is 7.13. The van der Waals surface area contributed by atoms with Crippen molar-refractivity contribution in [2.45, 2.75) is 25.4 Å². The third-order valence-corrected chi connectivity index (χ3v) is 5.11. The fraction of sp³-hybridized carbons (Fsp3) is 0.250. The molecule has 0 amide bonds. The summed E-state index contributed by atoms with van der Waals surface area (Å²) in [5.74, 6) is 1.05. The number of benzene rings is 1. The van der Waals surface area contributed by atoms with Crippen LogP contribution in [0.1, 0.15) is 25.1 Å². The second kappa shape index (κ2) is 7.23. The third-order valence-electron chi connectivity index (χ3n) is 4.25. The van der Waals surface area contributed by atoms with Gasteiger partial charge in [-0.25, -0.2) is 4.98 Å². The Morgan fingerprint density at radius 1 is 1.26 bits per heavy atom. The molecule has 1 aromatic carbocycles. The lowest BCUT2D eigenvalue weighted by atomic mass is 9.84. The van der Waals surface area contributed by atoms with E-state index in [-0.39, 0.29) is 10.5 Å². The number of hydrogen-bond donors (Lipinski definition) is 0. The highest BCUT2D eigenvalue weighted by atomic mass is 32.1. The van der Waals surface area contributed by atoms with Gasteiger partial charge in [0.05, 0.1) is 0 Å². The first-order valence-electron chi connectivity index (χ1n) is 8.30. The molecule has 27 heavy (non-hydrogen) atoms. The van der Waals surface area contributed by atoms with Crippen LogP contribution >= 0.6 is 11.3 Å². The van der Waals surface area contributed by atoms with Gasteiger partial charge in [0, 0.05) is 22.9 Å². The second-order valence-corrected chi connectivity index (χ2v) is 7.42. The number of allylic oxidation sites excluding steroid dienone is 3. The molecule has 0 radical (unpaired) electrons. The number of rotatable bonds is 5.